The zero-order chi connectivity index (χ0) is 18.6. The molecule has 0 atom stereocenters. The molecule has 27 heavy (non-hydrogen) atoms. The molecule has 1 fully saturated rings. The van der Waals surface area contributed by atoms with E-state index in [0.29, 0.717) is 5.69 Å². The van der Waals surface area contributed by atoms with E-state index in [-0.39, 0.29) is 5.91 Å². The number of rotatable bonds is 4. The Morgan fingerprint density at radius 1 is 1.04 bits per heavy atom. The maximum absolute atomic E-state index is 12.2. The summed E-state index contributed by atoms with van der Waals surface area (Å²) in [5, 5.41) is 14.3. The minimum absolute atomic E-state index is 0.197. The van der Waals surface area contributed by atoms with Crippen molar-refractivity contribution < 1.29 is 4.79 Å². The maximum Gasteiger partial charge on any atom is 0.275 e. The van der Waals surface area contributed by atoms with Gasteiger partial charge in [0.25, 0.3) is 5.91 Å². The number of amides is 1. The highest BCUT2D eigenvalue weighted by molar-refractivity contribution is 7.09. The molecule has 3 aromatic rings. The molecule has 1 aliphatic heterocycles. The monoisotopic (exact) mass is 379 g/mol. The lowest BCUT2D eigenvalue weighted by Crippen LogP contribution is -2.30. The number of hydrogen-bond acceptors (Lipinski definition) is 6. The van der Waals surface area contributed by atoms with E-state index in [0.717, 1.165) is 40.9 Å². The molecule has 0 bridgehead atoms. The first-order chi connectivity index (χ1) is 13.2. The van der Waals surface area contributed by atoms with Crippen molar-refractivity contribution in [2.45, 2.75) is 26.2 Å². The molecule has 138 valence electrons. The molecule has 1 saturated heterocycles. The lowest BCUT2D eigenvalue weighted by atomic mass is 10.1. The quantitative estimate of drug-likeness (QED) is 0.737. The first-order valence-electron chi connectivity index (χ1n) is 9.12. The first-order valence-corrected chi connectivity index (χ1v) is 9.99. The Morgan fingerprint density at radius 3 is 2.44 bits per heavy atom. The minimum atomic E-state index is -0.197. The average Bonchev–Trinajstić information content (AvgIpc) is 3.16. The predicted molar refractivity (Wildman–Crippen MR) is 108 cm³/mol. The summed E-state index contributed by atoms with van der Waals surface area (Å²) >= 11 is 1.46. The smallest absolute Gasteiger partial charge is 0.275 e. The van der Waals surface area contributed by atoms with Crippen LogP contribution in [0.4, 0.5) is 11.5 Å². The van der Waals surface area contributed by atoms with Gasteiger partial charge in [0.1, 0.15) is 5.69 Å². The summed E-state index contributed by atoms with van der Waals surface area (Å²) in [5.41, 5.74) is 2.96. The Morgan fingerprint density at radius 2 is 1.81 bits per heavy atom. The van der Waals surface area contributed by atoms with E-state index in [9.17, 15) is 4.79 Å². The van der Waals surface area contributed by atoms with Crippen molar-refractivity contribution in [2.24, 2.45) is 0 Å². The molecule has 2 aromatic heterocycles. The Balaban J connectivity index is 1.43. The van der Waals surface area contributed by atoms with Gasteiger partial charge in [-0.2, -0.15) is 0 Å². The Bertz CT molecular complexity index is 914. The molecule has 0 saturated carbocycles. The topological polar surface area (TPSA) is 71.0 Å². The predicted octanol–water partition coefficient (Wildman–Crippen LogP) is 4.15. The van der Waals surface area contributed by atoms with Crippen LogP contribution in [0.15, 0.2) is 41.8 Å². The van der Waals surface area contributed by atoms with Crippen LogP contribution in [0.25, 0.3) is 11.3 Å². The Hall–Kier alpha value is -2.80. The summed E-state index contributed by atoms with van der Waals surface area (Å²) in [6.45, 7) is 4.00. The molecule has 1 aliphatic rings. The van der Waals surface area contributed by atoms with Crippen LogP contribution in [0.1, 0.15) is 34.8 Å². The summed E-state index contributed by atoms with van der Waals surface area (Å²) in [5.74, 6) is 0.749. The highest BCUT2D eigenvalue weighted by Gasteiger charge is 2.13. The van der Waals surface area contributed by atoms with Gasteiger partial charge < -0.3 is 10.2 Å². The molecular formula is C20H21N5OS. The molecule has 0 unspecified atom stereocenters. The van der Waals surface area contributed by atoms with Gasteiger partial charge in [-0.1, -0.05) is 12.1 Å². The van der Waals surface area contributed by atoms with Crippen LogP contribution in [-0.4, -0.2) is 34.2 Å². The number of nitrogens with one attached hydrogen (secondary N) is 1. The average molecular weight is 379 g/mol. The van der Waals surface area contributed by atoms with Crippen molar-refractivity contribution in [3.8, 4) is 11.3 Å². The van der Waals surface area contributed by atoms with E-state index in [1.165, 1.54) is 30.6 Å². The molecule has 0 spiro atoms. The number of aromatic nitrogens is 3. The molecule has 6 nitrogen and oxygen atoms in total. The van der Waals surface area contributed by atoms with E-state index in [1.54, 1.807) is 5.38 Å². The fourth-order valence-corrected chi connectivity index (χ4v) is 3.75. The van der Waals surface area contributed by atoms with Crippen LogP contribution in [-0.2, 0) is 0 Å². The number of piperidine rings is 1. The maximum atomic E-state index is 12.2. The van der Waals surface area contributed by atoms with Gasteiger partial charge in [0, 0.05) is 29.7 Å². The van der Waals surface area contributed by atoms with Crippen molar-refractivity contribution in [2.75, 3.05) is 23.3 Å². The normalized spacial score (nSPS) is 14.2. The number of aryl methyl sites for hydroxylation is 1. The molecule has 7 heteroatoms. The third-order valence-corrected chi connectivity index (χ3v) is 5.39. The van der Waals surface area contributed by atoms with Gasteiger partial charge in [-0.3, -0.25) is 4.79 Å². The zero-order valence-electron chi connectivity index (χ0n) is 15.2. The lowest BCUT2D eigenvalue weighted by Gasteiger charge is -2.27. The molecule has 3 heterocycles. The first kappa shape index (κ1) is 17.6. The van der Waals surface area contributed by atoms with Crippen LogP contribution in [0.5, 0.6) is 0 Å². The summed E-state index contributed by atoms with van der Waals surface area (Å²) in [6.07, 6.45) is 3.74. The summed E-state index contributed by atoms with van der Waals surface area (Å²) in [7, 11) is 0. The summed E-state index contributed by atoms with van der Waals surface area (Å²) in [6, 6.07) is 11.6. The van der Waals surface area contributed by atoms with Crippen LogP contribution < -0.4 is 10.2 Å². The van der Waals surface area contributed by atoms with E-state index in [2.05, 4.69) is 25.4 Å². The fourth-order valence-electron chi connectivity index (χ4n) is 3.16. The van der Waals surface area contributed by atoms with Crippen LogP contribution >= 0.6 is 11.3 Å². The number of thiazole rings is 1. The largest absolute Gasteiger partial charge is 0.355 e. The third kappa shape index (κ3) is 4.14. The minimum Gasteiger partial charge on any atom is -0.355 e. The molecular weight excluding hydrogens is 358 g/mol. The van der Waals surface area contributed by atoms with Gasteiger partial charge in [0.2, 0.25) is 0 Å². The standard InChI is InChI=1S/C20H21N5OS/c1-14-21-18(13-27-14)20(26)22-16-7-5-15(6-8-16)17-9-10-19(24-23-17)25-11-3-2-4-12-25/h5-10,13H,2-4,11-12H2,1H3,(H,22,26). The Labute approximate surface area is 162 Å². The fraction of sp³-hybridized carbons (Fsp3) is 0.300. The molecule has 0 aliphatic carbocycles. The van der Waals surface area contributed by atoms with Crippen molar-refractivity contribution in [3.05, 3.63) is 52.5 Å². The van der Waals surface area contributed by atoms with E-state index in [1.807, 2.05) is 43.3 Å². The van der Waals surface area contributed by atoms with Crippen molar-refractivity contribution in [1.82, 2.24) is 15.2 Å². The van der Waals surface area contributed by atoms with Crippen LogP contribution in [0.2, 0.25) is 0 Å². The van der Waals surface area contributed by atoms with Gasteiger partial charge >= 0.3 is 0 Å². The number of anilines is 2. The molecule has 1 aromatic carbocycles. The Kier molecular flexibility index (Phi) is 5.11. The third-order valence-electron chi connectivity index (χ3n) is 4.62. The van der Waals surface area contributed by atoms with Gasteiger partial charge in [-0.15, -0.1) is 21.5 Å². The van der Waals surface area contributed by atoms with Gasteiger partial charge in [-0.05, 0) is 50.5 Å². The highest BCUT2D eigenvalue weighted by Crippen LogP contribution is 2.22. The number of benzene rings is 1. The number of carbonyl (C=O) groups is 1. The second-order valence-electron chi connectivity index (χ2n) is 6.61. The van der Waals surface area contributed by atoms with Crippen molar-refractivity contribution in [3.63, 3.8) is 0 Å². The van der Waals surface area contributed by atoms with Crippen molar-refractivity contribution in [1.29, 1.82) is 0 Å². The molecule has 0 radical (unpaired) electrons. The van der Waals surface area contributed by atoms with Gasteiger partial charge in [0.15, 0.2) is 5.82 Å². The van der Waals surface area contributed by atoms with Crippen LogP contribution in [0, 0.1) is 6.92 Å². The van der Waals surface area contributed by atoms with E-state index < -0.39 is 0 Å². The summed E-state index contributed by atoms with van der Waals surface area (Å²) in [4.78, 5) is 18.7. The van der Waals surface area contributed by atoms with Gasteiger partial charge in [0.05, 0.1) is 10.7 Å². The van der Waals surface area contributed by atoms with Crippen LogP contribution in [0.3, 0.4) is 0 Å². The molecule has 4 rings (SSSR count). The molecule has 1 amide bonds. The second kappa shape index (κ2) is 7.84. The number of hydrogen-bond donors (Lipinski definition) is 1. The second-order valence-corrected chi connectivity index (χ2v) is 7.67. The van der Waals surface area contributed by atoms with E-state index in [4.69, 9.17) is 0 Å². The van der Waals surface area contributed by atoms with Gasteiger partial charge in [-0.25, -0.2) is 4.98 Å². The lowest BCUT2D eigenvalue weighted by molar-refractivity contribution is 0.102. The van der Waals surface area contributed by atoms with Crippen molar-refractivity contribution >= 4 is 28.7 Å². The SMILES string of the molecule is Cc1nc(C(=O)Nc2ccc(-c3ccc(N4CCCCC4)nn3)cc2)cs1. The molecule has 1 N–H and O–H groups in total. The number of carbonyl (C=O) groups excluding carboxylic acids is 1. The number of nitrogens with zero attached hydrogens (tertiary/aromatic N) is 4. The summed E-state index contributed by atoms with van der Waals surface area (Å²) < 4.78 is 0. The van der Waals surface area contributed by atoms with E-state index >= 15 is 0 Å². The zero-order valence-corrected chi connectivity index (χ0v) is 16.0. The highest BCUT2D eigenvalue weighted by atomic mass is 32.1.